The zero-order chi connectivity index (χ0) is 17.8. The zero-order valence-electron chi connectivity index (χ0n) is 14.3. The van der Waals surface area contributed by atoms with E-state index in [4.69, 9.17) is 5.73 Å². The van der Waals surface area contributed by atoms with Gasteiger partial charge in [0.1, 0.15) is 0 Å². The molecule has 2 aromatic carbocycles. The van der Waals surface area contributed by atoms with Gasteiger partial charge in [-0.2, -0.15) is 0 Å². The minimum atomic E-state index is -0.358. The summed E-state index contributed by atoms with van der Waals surface area (Å²) in [6, 6.07) is 14.8. The number of carbonyl (C=O) groups excluding carboxylic acids is 2. The van der Waals surface area contributed by atoms with Crippen molar-refractivity contribution in [3.8, 4) is 0 Å². The molecule has 0 heterocycles. The maximum absolute atomic E-state index is 12.3. The average molecular weight is 337 g/mol. The van der Waals surface area contributed by atoms with Gasteiger partial charge >= 0.3 is 0 Å². The van der Waals surface area contributed by atoms with Gasteiger partial charge in [0.15, 0.2) is 0 Å². The highest BCUT2D eigenvalue weighted by molar-refractivity contribution is 5.98. The molecule has 5 heteroatoms. The van der Waals surface area contributed by atoms with Crippen LogP contribution in [0.5, 0.6) is 0 Å². The highest BCUT2D eigenvalue weighted by atomic mass is 16.2. The second-order valence-corrected chi connectivity index (χ2v) is 6.55. The number of amides is 2. The summed E-state index contributed by atoms with van der Waals surface area (Å²) in [5.74, 6) is -0.266. The van der Waals surface area contributed by atoms with Crippen molar-refractivity contribution in [2.45, 2.75) is 38.3 Å². The van der Waals surface area contributed by atoms with E-state index in [9.17, 15) is 9.59 Å². The minimum Gasteiger partial charge on any atom is -0.349 e. The summed E-state index contributed by atoms with van der Waals surface area (Å²) >= 11 is 0. The Kier molecular flexibility index (Phi) is 5.14. The molecule has 0 bridgehead atoms. The molecule has 1 atom stereocenters. The van der Waals surface area contributed by atoms with E-state index < -0.39 is 0 Å². The van der Waals surface area contributed by atoms with Crippen LogP contribution in [0.3, 0.4) is 0 Å². The lowest BCUT2D eigenvalue weighted by atomic mass is 10.0. The first-order valence-corrected chi connectivity index (χ1v) is 8.55. The molecule has 0 aliphatic heterocycles. The molecule has 3 rings (SSSR count). The van der Waals surface area contributed by atoms with E-state index in [2.05, 4.69) is 10.6 Å². The van der Waals surface area contributed by atoms with Crippen molar-refractivity contribution in [3.05, 3.63) is 65.2 Å². The molecule has 1 aliphatic rings. The number of carbonyl (C=O) groups is 2. The van der Waals surface area contributed by atoms with E-state index in [-0.39, 0.29) is 24.3 Å². The number of aryl methyl sites for hydroxylation is 1. The van der Waals surface area contributed by atoms with Crippen molar-refractivity contribution in [1.82, 2.24) is 5.32 Å². The van der Waals surface area contributed by atoms with Crippen molar-refractivity contribution < 1.29 is 9.59 Å². The van der Waals surface area contributed by atoms with Gasteiger partial charge in [-0.1, -0.05) is 36.4 Å². The van der Waals surface area contributed by atoms with Crippen LogP contribution >= 0.6 is 0 Å². The molecule has 1 fully saturated rings. The van der Waals surface area contributed by atoms with Gasteiger partial charge in [-0.25, -0.2) is 0 Å². The van der Waals surface area contributed by atoms with Crippen molar-refractivity contribution in [3.63, 3.8) is 0 Å². The predicted octanol–water partition coefficient (Wildman–Crippen LogP) is 2.92. The largest absolute Gasteiger partial charge is 0.349 e. The third-order valence-electron chi connectivity index (χ3n) is 4.32. The van der Waals surface area contributed by atoms with Crippen molar-refractivity contribution >= 4 is 17.5 Å². The molecule has 0 radical (unpaired) electrons. The molecule has 1 saturated carbocycles. The lowest BCUT2D eigenvalue weighted by Crippen LogP contribution is -2.25. The van der Waals surface area contributed by atoms with Crippen LogP contribution in [0.25, 0.3) is 0 Å². The molecular weight excluding hydrogens is 314 g/mol. The van der Waals surface area contributed by atoms with Gasteiger partial charge in [0.05, 0.1) is 0 Å². The number of anilines is 1. The second-order valence-electron chi connectivity index (χ2n) is 6.55. The van der Waals surface area contributed by atoms with Crippen LogP contribution in [0, 0.1) is 6.92 Å². The topological polar surface area (TPSA) is 84.2 Å². The highest BCUT2D eigenvalue weighted by Gasteiger charge is 2.24. The summed E-state index contributed by atoms with van der Waals surface area (Å²) in [5, 5.41) is 5.83. The number of nitrogens with one attached hydrogen (secondary N) is 2. The standard InChI is InChI=1S/C20H23N3O2/c1-13-7-8-15(20(25)22-16-9-10-16)11-18(13)23-19(24)12-17(21)14-5-3-2-4-6-14/h2-8,11,16-17H,9-10,12,21H2,1H3,(H,22,25)(H,23,24). The van der Waals surface area contributed by atoms with Gasteiger partial charge < -0.3 is 16.4 Å². The third kappa shape index (κ3) is 4.67. The van der Waals surface area contributed by atoms with Gasteiger partial charge in [-0.15, -0.1) is 0 Å². The maximum Gasteiger partial charge on any atom is 0.251 e. The fraction of sp³-hybridized carbons (Fsp3) is 0.300. The van der Waals surface area contributed by atoms with E-state index >= 15 is 0 Å². The van der Waals surface area contributed by atoms with Crippen LogP contribution in [-0.4, -0.2) is 17.9 Å². The highest BCUT2D eigenvalue weighted by Crippen LogP contribution is 2.22. The second kappa shape index (κ2) is 7.49. The molecule has 130 valence electrons. The molecular formula is C20H23N3O2. The van der Waals surface area contributed by atoms with Crippen LogP contribution in [0.1, 0.15) is 46.8 Å². The quantitative estimate of drug-likeness (QED) is 0.758. The molecule has 0 aromatic heterocycles. The van der Waals surface area contributed by atoms with Gasteiger partial charge in [0.25, 0.3) is 5.91 Å². The Morgan fingerprint density at radius 3 is 2.56 bits per heavy atom. The lowest BCUT2D eigenvalue weighted by molar-refractivity contribution is -0.116. The van der Waals surface area contributed by atoms with Crippen molar-refractivity contribution in [1.29, 1.82) is 0 Å². The van der Waals surface area contributed by atoms with Crippen LogP contribution in [0.15, 0.2) is 48.5 Å². The van der Waals surface area contributed by atoms with Crippen molar-refractivity contribution in [2.24, 2.45) is 5.73 Å². The molecule has 5 nitrogen and oxygen atoms in total. The van der Waals surface area contributed by atoms with Gasteiger partial charge in [-0.05, 0) is 43.0 Å². The maximum atomic E-state index is 12.3. The van der Waals surface area contributed by atoms with Crippen LogP contribution in [-0.2, 0) is 4.79 Å². The first-order valence-electron chi connectivity index (χ1n) is 8.55. The van der Waals surface area contributed by atoms with E-state index in [0.717, 1.165) is 24.0 Å². The number of hydrogen-bond donors (Lipinski definition) is 3. The number of hydrogen-bond acceptors (Lipinski definition) is 3. The molecule has 1 unspecified atom stereocenters. The summed E-state index contributed by atoms with van der Waals surface area (Å²) in [4.78, 5) is 24.5. The predicted molar refractivity (Wildman–Crippen MR) is 98.3 cm³/mol. The molecule has 0 spiro atoms. The molecule has 2 amide bonds. The number of benzene rings is 2. The lowest BCUT2D eigenvalue weighted by Gasteiger charge is -2.14. The summed E-state index contributed by atoms with van der Waals surface area (Å²) in [6.07, 6.45) is 2.26. The summed E-state index contributed by atoms with van der Waals surface area (Å²) in [7, 11) is 0. The van der Waals surface area contributed by atoms with E-state index in [1.165, 1.54) is 0 Å². The fourth-order valence-electron chi connectivity index (χ4n) is 2.61. The Balaban J connectivity index is 1.64. The number of nitrogens with two attached hydrogens (primary N) is 1. The summed E-state index contributed by atoms with van der Waals surface area (Å²) < 4.78 is 0. The molecule has 0 saturated heterocycles. The SMILES string of the molecule is Cc1ccc(C(=O)NC2CC2)cc1NC(=O)CC(N)c1ccccc1. The number of rotatable bonds is 6. The third-order valence-corrected chi connectivity index (χ3v) is 4.32. The van der Waals surface area contributed by atoms with Gasteiger partial charge in [0, 0.05) is 29.8 Å². The monoisotopic (exact) mass is 337 g/mol. The van der Waals surface area contributed by atoms with Crippen molar-refractivity contribution in [2.75, 3.05) is 5.32 Å². The van der Waals surface area contributed by atoms with E-state index in [0.29, 0.717) is 17.3 Å². The Labute approximate surface area is 147 Å². The zero-order valence-corrected chi connectivity index (χ0v) is 14.3. The molecule has 1 aliphatic carbocycles. The molecule has 4 N–H and O–H groups in total. The van der Waals surface area contributed by atoms with E-state index in [1.807, 2.05) is 43.3 Å². The first-order chi connectivity index (χ1) is 12.0. The Morgan fingerprint density at radius 1 is 1.16 bits per heavy atom. The Bertz CT molecular complexity index is 770. The first kappa shape index (κ1) is 17.2. The van der Waals surface area contributed by atoms with Crippen LogP contribution < -0.4 is 16.4 Å². The van der Waals surface area contributed by atoms with Gasteiger partial charge in [-0.3, -0.25) is 9.59 Å². The minimum absolute atomic E-state index is 0.0982. The fourth-order valence-corrected chi connectivity index (χ4v) is 2.61. The van der Waals surface area contributed by atoms with E-state index in [1.54, 1.807) is 12.1 Å². The van der Waals surface area contributed by atoms with Crippen LogP contribution in [0.4, 0.5) is 5.69 Å². The Morgan fingerprint density at radius 2 is 1.88 bits per heavy atom. The molecule has 25 heavy (non-hydrogen) atoms. The summed E-state index contributed by atoms with van der Waals surface area (Å²) in [6.45, 7) is 1.90. The normalized spacial score (nSPS) is 14.6. The van der Waals surface area contributed by atoms with Crippen LogP contribution in [0.2, 0.25) is 0 Å². The Hall–Kier alpha value is -2.66. The molecule has 2 aromatic rings. The summed E-state index contributed by atoms with van der Waals surface area (Å²) in [5.41, 5.74) is 9.14. The van der Waals surface area contributed by atoms with Gasteiger partial charge in [0.2, 0.25) is 5.91 Å². The smallest absolute Gasteiger partial charge is 0.251 e. The average Bonchev–Trinajstić information content (AvgIpc) is 3.41.